The van der Waals surface area contributed by atoms with E-state index >= 15 is 0 Å². The molecule has 1 spiro atoms. The van der Waals surface area contributed by atoms with Gasteiger partial charge in [0.15, 0.2) is 11.5 Å². The van der Waals surface area contributed by atoms with Crippen LogP contribution in [0.15, 0.2) is 30.6 Å². The van der Waals surface area contributed by atoms with Gasteiger partial charge in [-0.05, 0) is 38.8 Å². The van der Waals surface area contributed by atoms with E-state index in [-0.39, 0.29) is 0 Å². The first-order valence-corrected chi connectivity index (χ1v) is 10.1. The van der Waals surface area contributed by atoms with E-state index in [1.807, 2.05) is 12.1 Å². The summed E-state index contributed by atoms with van der Waals surface area (Å²) in [5.74, 6) is 2.70. The molecule has 6 nitrogen and oxygen atoms in total. The van der Waals surface area contributed by atoms with Gasteiger partial charge in [0.05, 0.1) is 19.9 Å². The zero-order chi connectivity index (χ0) is 19.6. The van der Waals surface area contributed by atoms with Crippen LogP contribution in [0.1, 0.15) is 30.5 Å². The van der Waals surface area contributed by atoms with Gasteiger partial charge in [-0.1, -0.05) is 12.1 Å². The summed E-state index contributed by atoms with van der Waals surface area (Å²) in [6, 6.07) is 6.15. The van der Waals surface area contributed by atoms with Gasteiger partial charge in [0, 0.05) is 49.6 Å². The van der Waals surface area contributed by atoms with Crippen LogP contribution < -0.4 is 14.4 Å². The number of piperidine rings is 1. The number of anilines is 1. The number of likely N-dealkylation sites (tertiary alicyclic amines) is 1. The number of para-hydroxylation sites is 1. The largest absolute Gasteiger partial charge is 0.493 e. The van der Waals surface area contributed by atoms with E-state index in [1.54, 1.807) is 26.6 Å². The van der Waals surface area contributed by atoms with E-state index in [1.165, 1.54) is 24.8 Å². The molecular formula is C22H30N4O2. The highest BCUT2D eigenvalue weighted by molar-refractivity contribution is 5.47. The van der Waals surface area contributed by atoms with Crippen LogP contribution in [0.2, 0.25) is 0 Å². The highest BCUT2D eigenvalue weighted by Gasteiger charge is 2.42. The topological polar surface area (TPSA) is 50.7 Å². The van der Waals surface area contributed by atoms with E-state index in [9.17, 15) is 0 Å². The molecule has 1 aromatic heterocycles. The molecule has 0 radical (unpaired) electrons. The maximum absolute atomic E-state index is 5.64. The Morgan fingerprint density at radius 2 is 1.89 bits per heavy atom. The molecule has 28 heavy (non-hydrogen) atoms. The van der Waals surface area contributed by atoms with Gasteiger partial charge in [-0.3, -0.25) is 9.88 Å². The van der Waals surface area contributed by atoms with Crippen molar-refractivity contribution in [2.45, 2.75) is 32.7 Å². The lowest BCUT2D eigenvalue weighted by Crippen LogP contribution is -2.44. The first-order valence-electron chi connectivity index (χ1n) is 10.1. The lowest BCUT2D eigenvalue weighted by molar-refractivity contribution is 0.0983. The van der Waals surface area contributed by atoms with Crippen LogP contribution in [-0.2, 0) is 6.54 Å². The second kappa shape index (κ2) is 7.95. The van der Waals surface area contributed by atoms with Crippen LogP contribution in [-0.4, -0.2) is 55.3 Å². The minimum absolute atomic E-state index is 0.342. The van der Waals surface area contributed by atoms with E-state index in [2.05, 4.69) is 32.8 Å². The standard InChI is InChI=1S/C22H30N4O2/c1-17-21(24-11-10-23-17)26-13-9-22(16-26)8-5-12-25(15-22)14-18-6-4-7-19(27-2)20(18)28-3/h4,6-7,10-11H,5,8-9,12-16H2,1-3H3/t22-/m0/s1. The third kappa shape index (κ3) is 3.65. The number of rotatable bonds is 5. The Balaban J connectivity index is 1.48. The monoisotopic (exact) mass is 382 g/mol. The molecule has 0 aliphatic carbocycles. The molecule has 2 saturated heterocycles. The molecule has 2 aliphatic heterocycles. The molecule has 0 saturated carbocycles. The predicted molar refractivity (Wildman–Crippen MR) is 110 cm³/mol. The molecule has 0 amide bonds. The molecule has 6 heteroatoms. The van der Waals surface area contributed by atoms with E-state index in [0.29, 0.717) is 5.41 Å². The molecule has 0 N–H and O–H groups in total. The zero-order valence-corrected chi connectivity index (χ0v) is 17.1. The van der Waals surface area contributed by atoms with Gasteiger partial charge < -0.3 is 14.4 Å². The molecule has 0 bridgehead atoms. The molecule has 150 valence electrons. The van der Waals surface area contributed by atoms with Gasteiger partial charge in [-0.2, -0.15) is 0 Å². The molecule has 1 atom stereocenters. The fraction of sp³-hybridized carbons (Fsp3) is 0.545. The van der Waals surface area contributed by atoms with Gasteiger partial charge in [0.2, 0.25) is 0 Å². The van der Waals surface area contributed by atoms with E-state index in [4.69, 9.17) is 9.47 Å². The Morgan fingerprint density at radius 1 is 1.04 bits per heavy atom. The number of nitrogens with zero attached hydrogens (tertiary/aromatic N) is 4. The average molecular weight is 383 g/mol. The van der Waals surface area contributed by atoms with Crippen LogP contribution in [0.4, 0.5) is 5.82 Å². The lowest BCUT2D eigenvalue weighted by atomic mass is 9.79. The molecule has 4 rings (SSSR count). The smallest absolute Gasteiger partial charge is 0.165 e. The molecule has 1 aromatic carbocycles. The Kier molecular flexibility index (Phi) is 5.40. The van der Waals surface area contributed by atoms with Crippen molar-refractivity contribution >= 4 is 5.82 Å². The van der Waals surface area contributed by atoms with E-state index in [0.717, 1.165) is 55.7 Å². The van der Waals surface area contributed by atoms with Crippen molar-refractivity contribution in [3.63, 3.8) is 0 Å². The summed E-state index contributed by atoms with van der Waals surface area (Å²) < 4.78 is 11.1. The van der Waals surface area contributed by atoms with Crippen LogP contribution in [0.25, 0.3) is 0 Å². The summed E-state index contributed by atoms with van der Waals surface area (Å²) in [7, 11) is 3.41. The quantitative estimate of drug-likeness (QED) is 0.791. The van der Waals surface area contributed by atoms with Crippen LogP contribution in [0.3, 0.4) is 0 Å². The van der Waals surface area contributed by atoms with E-state index < -0.39 is 0 Å². The maximum atomic E-state index is 5.64. The van der Waals surface area contributed by atoms with Crippen molar-refractivity contribution < 1.29 is 9.47 Å². The molecular weight excluding hydrogens is 352 g/mol. The average Bonchev–Trinajstić information content (AvgIpc) is 3.11. The Bertz CT molecular complexity index is 828. The lowest BCUT2D eigenvalue weighted by Gasteiger charge is -2.40. The minimum atomic E-state index is 0.342. The Morgan fingerprint density at radius 3 is 2.68 bits per heavy atom. The van der Waals surface area contributed by atoms with Gasteiger partial charge >= 0.3 is 0 Å². The first-order chi connectivity index (χ1) is 13.6. The summed E-state index contributed by atoms with van der Waals surface area (Å²) in [5.41, 5.74) is 2.56. The summed E-state index contributed by atoms with van der Waals surface area (Å²) in [4.78, 5) is 14.0. The van der Waals surface area contributed by atoms with Crippen LogP contribution in [0.5, 0.6) is 11.5 Å². The van der Waals surface area contributed by atoms with Crippen LogP contribution in [0, 0.1) is 12.3 Å². The van der Waals surface area contributed by atoms with Gasteiger partial charge in [-0.15, -0.1) is 0 Å². The highest BCUT2D eigenvalue weighted by atomic mass is 16.5. The minimum Gasteiger partial charge on any atom is -0.493 e. The van der Waals surface area contributed by atoms with Crippen molar-refractivity contribution in [3.05, 3.63) is 41.9 Å². The Labute approximate surface area is 167 Å². The van der Waals surface area contributed by atoms with Gasteiger partial charge in [0.1, 0.15) is 5.82 Å². The summed E-state index contributed by atoms with van der Waals surface area (Å²) >= 11 is 0. The number of aryl methyl sites for hydroxylation is 1. The molecule has 0 unspecified atom stereocenters. The van der Waals surface area contributed by atoms with Crippen molar-refractivity contribution in [1.82, 2.24) is 14.9 Å². The molecule has 2 aliphatic rings. The van der Waals surface area contributed by atoms with Crippen molar-refractivity contribution in [3.8, 4) is 11.5 Å². The predicted octanol–water partition coefficient (Wildman–Crippen LogP) is 3.29. The first kappa shape index (κ1) is 19.0. The Hall–Kier alpha value is -2.34. The number of hydrogen-bond donors (Lipinski definition) is 0. The van der Waals surface area contributed by atoms with Crippen molar-refractivity contribution in [1.29, 1.82) is 0 Å². The number of methoxy groups -OCH3 is 2. The third-order valence-electron chi connectivity index (χ3n) is 6.21. The molecule has 2 fully saturated rings. The number of aromatic nitrogens is 2. The zero-order valence-electron chi connectivity index (χ0n) is 17.1. The second-order valence-electron chi connectivity index (χ2n) is 8.10. The summed E-state index contributed by atoms with van der Waals surface area (Å²) in [6.45, 7) is 7.32. The van der Waals surface area contributed by atoms with Crippen molar-refractivity contribution in [2.24, 2.45) is 5.41 Å². The fourth-order valence-corrected chi connectivity index (χ4v) is 4.92. The summed E-state index contributed by atoms with van der Waals surface area (Å²) in [5, 5.41) is 0. The molecule has 3 heterocycles. The van der Waals surface area contributed by atoms with Crippen LogP contribution >= 0.6 is 0 Å². The maximum Gasteiger partial charge on any atom is 0.165 e. The number of hydrogen-bond acceptors (Lipinski definition) is 6. The second-order valence-corrected chi connectivity index (χ2v) is 8.10. The highest BCUT2D eigenvalue weighted by Crippen LogP contribution is 2.41. The summed E-state index contributed by atoms with van der Waals surface area (Å²) in [6.07, 6.45) is 7.31. The molecule has 2 aromatic rings. The van der Waals surface area contributed by atoms with Crippen molar-refractivity contribution in [2.75, 3.05) is 45.3 Å². The van der Waals surface area contributed by atoms with Gasteiger partial charge in [-0.25, -0.2) is 4.98 Å². The SMILES string of the molecule is COc1cccc(CN2CCC[C@]3(CCN(c4nccnc4C)C3)C2)c1OC. The fourth-order valence-electron chi connectivity index (χ4n) is 4.92. The number of benzene rings is 1. The normalized spacial score (nSPS) is 22.6. The third-order valence-corrected chi connectivity index (χ3v) is 6.21. The van der Waals surface area contributed by atoms with Gasteiger partial charge in [0.25, 0.3) is 0 Å². The number of ether oxygens (including phenoxy) is 2.